The molecule has 2 N–H and O–H groups in total. The molecular formula is C19H19ClN2O5. The molecule has 0 heterocycles. The predicted molar refractivity (Wildman–Crippen MR) is 101 cm³/mol. The fourth-order valence-electron chi connectivity index (χ4n) is 2.08. The first kappa shape index (κ1) is 20.3. The smallest absolute Gasteiger partial charge is 0.338 e. The van der Waals surface area contributed by atoms with Crippen LogP contribution in [-0.2, 0) is 14.3 Å². The summed E-state index contributed by atoms with van der Waals surface area (Å²) in [6.45, 7) is 1.48. The number of rotatable bonds is 8. The van der Waals surface area contributed by atoms with Crippen LogP contribution in [-0.4, -0.2) is 37.5 Å². The molecule has 27 heavy (non-hydrogen) atoms. The van der Waals surface area contributed by atoms with E-state index in [1.807, 2.05) is 0 Å². The van der Waals surface area contributed by atoms with E-state index in [4.69, 9.17) is 21.1 Å². The molecule has 0 saturated carbocycles. The summed E-state index contributed by atoms with van der Waals surface area (Å²) in [4.78, 5) is 34.8. The monoisotopic (exact) mass is 390 g/mol. The van der Waals surface area contributed by atoms with Crippen molar-refractivity contribution >= 4 is 35.1 Å². The van der Waals surface area contributed by atoms with Crippen LogP contribution in [0, 0.1) is 0 Å². The number of hydrogen-bond donors (Lipinski definition) is 2. The highest BCUT2D eigenvalue weighted by molar-refractivity contribution is 6.30. The average Bonchev–Trinajstić information content (AvgIpc) is 2.64. The maximum Gasteiger partial charge on any atom is 0.338 e. The first-order valence-electron chi connectivity index (χ1n) is 8.14. The normalized spacial score (nSPS) is 10.0. The van der Waals surface area contributed by atoms with Crippen LogP contribution in [0.25, 0.3) is 0 Å². The van der Waals surface area contributed by atoms with Crippen LogP contribution in [0.3, 0.4) is 0 Å². The lowest BCUT2D eigenvalue weighted by Crippen LogP contribution is -2.32. The summed E-state index contributed by atoms with van der Waals surface area (Å²) in [5, 5.41) is 5.76. The number of halogens is 1. The van der Waals surface area contributed by atoms with Gasteiger partial charge in [0.25, 0.3) is 5.91 Å². The molecule has 0 aliphatic carbocycles. The lowest BCUT2D eigenvalue weighted by Gasteiger charge is -2.09. The zero-order chi connectivity index (χ0) is 19.6. The highest BCUT2D eigenvalue weighted by Crippen LogP contribution is 2.15. The minimum Gasteiger partial charge on any atom is -0.492 e. The predicted octanol–water partition coefficient (Wildman–Crippen LogP) is 2.65. The molecule has 0 aromatic heterocycles. The number of esters is 1. The second kappa shape index (κ2) is 10.2. The van der Waals surface area contributed by atoms with Crippen molar-refractivity contribution in [3.8, 4) is 5.75 Å². The van der Waals surface area contributed by atoms with Gasteiger partial charge in [0.2, 0.25) is 5.91 Å². The Kier molecular flexibility index (Phi) is 7.63. The van der Waals surface area contributed by atoms with Gasteiger partial charge in [-0.3, -0.25) is 9.59 Å². The fourth-order valence-corrected chi connectivity index (χ4v) is 2.21. The van der Waals surface area contributed by atoms with Crippen LogP contribution in [0.15, 0.2) is 48.5 Å². The Morgan fingerprint density at radius 3 is 2.52 bits per heavy atom. The van der Waals surface area contributed by atoms with Gasteiger partial charge in [0.1, 0.15) is 12.4 Å². The van der Waals surface area contributed by atoms with Crippen molar-refractivity contribution in [1.29, 1.82) is 0 Å². The van der Waals surface area contributed by atoms with E-state index in [0.29, 0.717) is 16.5 Å². The van der Waals surface area contributed by atoms with Gasteiger partial charge >= 0.3 is 5.97 Å². The Hall–Kier alpha value is -3.06. The molecule has 0 saturated heterocycles. The lowest BCUT2D eigenvalue weighted by atomic mass is 10.2. The number of carbonyl (C=O) groups excluding carboxylic acids is 3. The van der Waals surface area contributed by atoms with Crippen LogP contribution in [0.1, 0.15) is 17.3 Å². The summed E-state index contributed by atoms with van der Waals surface area (Å²) >= 11 is 5.78. The van der Waals surface area contributed by atoms with Crippen LogP contribution in [0.5, 0.6) is 5.75 Å². The molecule has 0 unspecified atom stereocenters. The van der Waals surface area contributed by atoms with E-state index >= 15 is 0 Å². The molecule has 0 fully saturated rings. The van der Waals surface area contributed by atoms with Crippen LogP contribution < -0.4 is 15.4 Å². The molecule has 0 spiro atoms. The topological polar surface area (TPSA) is 93.7 Å². The van der Waals surface area contributed by atoms with Crippen molar-refractivity contribution in [3.63, 3.8) is 0 Å². The number of nitrogens with one attached hydrogen (secondary N) is 2. The van der Waals surface area contributed by atoms with Gasteiger partial charge in [-0.05, 0) is 42.5 Å². The molecule has 0 aliphatic heterocycles. The van der Waals surface area contributed by atoms with Crippen molar-refractivity contribution < 1.29 is 23.9 Å². The third-order valence-electron chi connectivity index (χ3n) is 3.26. The Labute approximate surface area is 161 Å². The van der Waals surface area contributed by atoms with Gasteiger partial charge < -0.3 is 20.1 Å². The Balaban J connectivity index is 1.69. The van der Waals surface area contributed by atoms with Gasteiger partial charge in [0.05, 0.1) is 12.1 Å². The Morgan fingerprint density at radius 1 is 1.07 bits per heavy atom. The zero-order valence-electron chi connectivity index (χ0n) is 14.7. The van der Waals surface area contributed by atoms with E-state index in [1.54, 1.807) is 36.4 Å². The highest BCUT2D eigenvalue weighted by atomic mass is 35.5. The van der Waals surface area contributed by atoms with Crippen molar-refractivity contribution in [2.24, 2.45) is 0 Å². The lowest BCUT2D eigenvalue weighted by molar-refractivity contribution is -0.124. The van der Waals surface area contributed by atoms with E-state index < -0.39 is 18.5 Å². The zero-order valence-corrected chi connectivity index (χ0v) is 15.4. The van der Waals surface area contributed by atoms with E-state index in [1.165, 1.54) is 19.1 Å². The van der Waals surface area contributed by atoms with Gasteiger partial charge in [-0.25, -0.2) is 4.79 Å². The molecule has 2 rings (SSSR count). The third-order valence-corrected chi connectivity index (χ3v) is 3.51. The van der Waals surface area contributed by atoms with Gasteiger partial charge in [0.15, 0.2) is 6.61 Å². The van der Waals surface area contributed by atoms with Crippen LogP contribution >= 0.6 is 11.6 Å². The minimum atomic E-state index is -0.658. The second-order valence-electron chi connectivity index (χ2n) is 5.49. The van der Waals surface area contributed by atoms with Crippen molar-refractivity contribution in [2.45, 2.75) is 6.92 Å². The number of benzene rings is 2. The largest absolute Gasteiger partial charge is 0.492 e. The molecule has 0 radical (unpaired) electrons. The Morgan fingerprint density at radius 2 is 1.81 bits per heavy atom. The molecule has 2 aromatic carbocycles. The standard InChI is InChI=1S/C19H19ClN2O5/c1-13(23)22-16-4-2-3-14(11-16)19(25)27-12-18(24)21-9-10-26-17-7-5-15(20)6-8-17/h2-8,11H,9-10,12H2,1H3,(H,21,24)(H,22,23). The average molecular weight is 391 g/mol. The molecule has 0 atom stereocenters. The highest BCUT2D eigenvalue weighted by Gasteiger charge is 2.11. The van der Waals surface area contributed by atoms with Gasteiger partial charge in [0, 0.05) is 17.6 Å². The van der Waals surface area contributed by atoms with Gasteiger partial charge in [-0.1, -0.05) is 17.7 Å². The quantitative estimate of drug-likeness (QED) is 0.534. The second-order valence-corrected chi connectivity index (χ2v) is 5.93. The molecule has 7 nitrogen and oxygen atoms in total. The molecular weight excluding hydrogens is 372 g/mol. The number of hydrogen-bond acceptors (Lipinski definition) is 5. The molecule has 2 amide bonds. The summed E-state index contributed by atoms with van der Waals surface area (Å²) in [6, 6.07) is 13.1. The van der Waals surface area contributed by atoms with E-state index in [2.05, 4.69) is 10.6 Å². The van der Waals surface area contributed by atoms with E-state index in [0.717, 1.165) is 0 Å². The molecule has 0 bridgehead atoms. The summed E-state index contributed by atoms with van der Waals surface area (Å²) < 4.78 is 10.4. The summed E-state index contributed by atoms with van der Waals surface area (Å²) in [5.41, 5.74) is 0.709. The molecule has 8 heteroatoms. The minimum absolute atomic E-state index is 0.236. The number of carbonyl (C=O) groups is 3. The summed E-state index contributed by atoms with van der Waals surface area (Å²) in [5.74, 6) is -0.712. The number of ether oxygens (including phenoxy) is 2. The van der Waals surface area contributed by atoms with Crippen molar-refractivity contribution in [3.05, 3.63) is 59.1 Å². The molecule has 0 aliphatic rings. The van der Waals surface area contributed by atoms with Crippen LogP contribution in [0.2, 0.25) is 5.02 Å². The van der Waals surface area contributed by atoms with E-state index in [9.17, 15) is 14.4 Å². The number of amides is 2. The SMILES string of the molecule is CC(=O)Nc1cccc(C(=O)OCC(=O)NCCOc2ccc(Cl)cc2)c1. The molecule has 2 aromatic rings. The fraction of sp³-hybridized carbons (Fsp3) is 0.211. The van der Waals surface area contributed by atoms with Crippen molar-refractivity contribution in [2.75, 3.05) is 25.1 Å². The first-order valence-corrected chi connectivity index (χ1v) is 8.51. The number of anilines is 1. The summed E-state index contributed by atoms with van der Waals surface area (Å²) in [7, 11) is 0. The summed E-state index contributed by atoms with van der Waals surface area (Å²) in [6.07, 6.45) is 0. The first-order chi connectivity index (χ1) is 12.9. The maximum absolute atomic E-state index is 12.0. The van der Waals surface area contributed by atoms with E-state index in [-0.39, 0.29) is 24.6 Å². The Bertz CT molecular complexity index is 808. The van der Waals surface area contributed by atoms with Gasteiger partial charge in [-0.15, -0.1) is 0 Å². The third kappa shape index (κ3) is 7.37. The van der Waals surface area contributed by atoms with Crippen molar-refractivity contribution in [1.82, 2.24) is 5.32 Å². The van der Waals surface area contributed by atoms with Gasteiger partial charge in [-0.2, -0.15) is 0 Å². The van der Waals surface area contributed by atoms with Crippen LogP contribution in [0.4, 0.5) is 5.69 Å². The molecule has 142 valence electrons. The maximum atomic E-state index is 12.0.